The van der Waals surface area contributed by atoms with E-state index in [1.807, 2.05) is 30.7 Å². The van der Waals surface area contributed by atoms with Crippen LogP contribution in [-0.2, 0) is 0 Å². The van der Waals surface area contributed by atoms with Crippen LogP contribution in [0.3, 0.4) is 0 Å². The third-order valence-electron chi connectivity index (χ3n) is 3.35. The maximum Gasteiger partial charge on any atom is 0.144 e. The number of fused-ring (bicyclic) bond motifs is 1. The van der Waals surface area contributed by atoms with Crippen LogP contribution in [0.4, 0.5) is 0 Å². The van der Waals surface area contributed by atoms with E-state index in [1.165, 1.54) is 5.70 Å². The van der Waals surface area contributed by atoms with E-state index in [-0.39, 0.29) is 0 Å². The molecule has 0 saturated heterocycles. The largest absolute Gasteiger partial charge is 0.304 e. The van der Waals surface area contributed by atoms with Gasteiger partial charge in [0.25, 0.3) is 0 Å². The minimum atomic E-state index is 0.930. The Morgan fingerprint density at radius 3 is 2.79 bits per heavy atom. The maximum absolute atomic E-state index is 4.51. The van der Waals surface area contributed by atoms with E-state index in [1.54, 1.807) is 0 Å². The molecule has 2 aromatic heterocycles. The van der Waals surface area contributed by atoms with E-state index in [0.717, 1.165) is 35.2 Å². The fourth-order valence-electron chi connectivity index (χ4n) is 2.26. The van der Waals surface area contributed by atoms with Gasteiger partial charge in [-0.25, -0.2) is 4.98 Å². The summed E-state index contributed by atoms with van der Waals surface area (Å²) < 4.78 is 2.10. The molecule has 3 heteroatoms. The van der Waals surface area contributed by atoms with Crippen LogP contribution in [0.5, 0.6) is 0 Å². The van der Waals surface area contributed by atoms with Gasteiger partial charge in [-0.1, -0.05) is 19.2 Å². The lowest BCUT2D eigenvalue weighted by atomic mass is 10.1. The molecule has 0 aliphatic carbocycles. The molecule has 0 spiro atoms. The third-order valence-corrected chi connectivity index (χ3v) is 3.35. The number of hydrogen-bond acceptors (Lipinski definition) is 2. The van der Waals surface area contributed by atoms with Gasteiger partial charge in [-0.2, -0.15) is 0 Å². The Kier molecular flexibility index (Phi) is 2.88. The van der Waals surface area contributed by atoms with Crippen LogP contribution in [0.15, 0.2) is 55.0 Å². The number of pyridine rings is 1. The van der Waals surface area contributed by atoms with Crippen LogP contribution in [0, 0.1) is 0 Å². The van der Waals surface area contributed by atoms with Gasteiger partial charge in [0.05, 0.1) is 0 Å². The monoisotopic (exact) mass is 249 g/mol. The van der Waals surface area contributed by atoms with Crippen LogP contribution in [0.1, 0.15) is 18.4 Å². The van der Waals surface area contributed by atoms with Crippen molar-refractivity contribution in [3.05, 3.63) is 55.5 Å². The summed E-state index contributed by atoms with van der Waals surface area (Å²) >= 11 is 0. The molecular weight excluding hydrogens is 234 g/mol. The Morgan fingerprint density at radius 2 is 2.11 bits per heavy atom. The summed E-state index contributed by atoms with van der Waals surface area (Å²) in [5, 5.41) is 1.12. The van der Waals surface area contributed by atoms with Gasteiger partial charge in [0.15, 0.2) is 0 Å². The summed E-state index contributed by atoms with van der Waals surface area (Å²) in [6, 6.07) is 4.16. The summed E-state index contributed by atoms with van der Waals surface area (Å²) in [6.45, 7) is 7.52. The molecule has 3 heterocycles. The quantitative estimate of drug-likeness (QED) is 0.811. The van der Waals surface area contributed by atoms with E-state index in [0.29, 0.717) is 0 Å². The average Bonchev–Trinajstić information content (AvgIpc) is 2.90. The van der Waals surface area contributed by atoms with Gasteiger partial charge in [-0.3, -0.25) is 4.99 Å². The molecule has 0 radical (unpaired) electrons. The van der Waals surface area contributed by atoms with E-state index in [4.69, 9.17) is 0 Å². The molecule has 0 amide bonds. The first kappa shape index (κ1) is 11.7. The third kappa shape index (κ3) is 2.03. The highest BCUT2D eigenvalue weighted by Crippen LogP contribution is 2.24. The first-order valence-corrected chi connectivity index (χ1v) is 6.30. The zero-order valence-corrected chi connectivity index (χ0v) is 10.7. The SMILES string of the molecule is C=CC1=NC=C(n2ccc3cc(C=C)cnc32)CC1. The van der Waals surface area contributed by atoms with Gasteiger partial charge in [-0.15, -0.1) is 0 Å². The molecule has 0 saturated carbocycles. The molecule has 94 valence electrons. The summed E-state index contributed by atoms with van der Waals surface area (Å²) in [7, 11) is 0. The maximum atomic E-state index is 4.51. The summed E-state index contributed by atoms with van der Waals surface area (Å²) in [5.41, 5.74) is 4.21. The van der Waals surface area contributed by atoms with Gasteiger partial charge in [0.1, 0.15) is 5.65 Å². The smallest absolute Gasteiger partial charge is 0.144 e. The molecule has 0 aromatic carbocycles. The van der Waals surface area contributed by atoms with E-state index in [2.05, 4.69) is 39.8 Å². The molecule has 3 rings (SSSR count). The highest BCUT2D eigenvalue weighted by atomic mass is 15.0. The minimum absolute atomic E-state index is 0.930. The van der Waals surface area contributed by atoms with Gasteiger partial charge in [0.2, 0.25) is 0 Å². The zero-order chi connectivity index (χ0) is 13.2. The highest BCUT2D eigenvalue weighted by Gasteiger charge is 2.10. The molecule has 0 N–H and O–H groups in total. The molecule has 1 aliphatic heterocycles. The van der Waals surface area contributed by atoms with Crippen molar-refractivity contribution < 1.29 is 0 Å². The molecule has 1 aliphatic rings. The summed E-state index contributed by atoms with van der Waals surface area (Å²) in [4.78, 5) is 8.91. The first-order chi connectivity index (χ1) is 9.31. The first-order valence-electron chi connectivity index (χ1n) is 6.30. The van der Waals surface area contributed by atoms with Crippen LogP contribution in [0.25, 0.3) is 22.8 Å². The Labute approximate surface area is 112 Å². The van der Waals surface area contributed by atoms with Gasteiger partial charge in [0, 0.05) is 35.4 Å². The second-order valence-electron chi connectivity index (χ2n) is 4.52. The van der Waals surface area contributed by atoms with Crippen molar-refractivity contribution in [3.63, 3.8) is 0 Å². The fourth-order valence-corrected chi connectivity index (χ4v) is 2.26. The van der Waals surface area contributed by atoms with Crippen molar-refractivity contribution in [3.8, 4) is 0 Å². The van der Waals surface area contributed by atoms with E-state index >= 15 is 0 Å². The second kappa shape index (κ2) is 4.69. The van der Waals surface area contributed by atoms with Gasteiger partial charge >= 0.3 is 0 Å². The average molecular weight is 249 g/mol. The fraction of sp³-hybridized carbons (Fsp3) is 0.125. The van der Waals surface area contributed by atoms with E-state index < -0.39 is 0 Å². The Morgan fingerprint density at radius 1 is 1.21 bits per heavy atom. The normalized spacial score (nSPS) is 14.9. The lowest BCUT2D eigenvalue weighted by molar-refractivity contribution is 0.968. The van der Waals surface area contributed by atoms with Crippen LogP contribution in [0.2, 0.25) is 0 Å². The molecule has 0 bridgehead atoms. The standard InChI is InChI=1S/C16H15N3/c1-3-12-9-13-7-8-19(16(13)18-10-12)15-6-5-14(4-2)17-11-15/h3-4,7-11H,1-2,5-6H2. The molecule has 2 aromatic rings. The number of nitrogens with zero attached hydrogens (tertiary/aromatic N) is 3. The Hall–Kier alpha value is -2.42. The number of allylic oxidation sites excluding steroid dienone is 2. The lowest BCUT2D eigenvalue weighted by Gasteiger charge is -2.13. The minimum Gasteiger partial charge on any atom is -0.304 e. The highest BCUT2D eigenvalue weighted by molar-refractivity contribution is 5.97. The zero-order valence-electron chi connectivity index (χ0n) is 10.7. The Bertz CT molecular complexity index is 717. The van der Waals surface area contributed by atoms with E-state index in [9.17, 15) is 0 Å². The topological polar surface area (TPSA) is 30.2 Å². The number of hydrogen-bond donors (Lipinski definition) is 0. The summed E-state index contributed by atoms with van der Waals surface area (Å²) in [5.74, 6) is 0. The summed E-state index contributed by atoms with van der Waals surface area (Å²) in [6.07, 6.45) is 11.3. The molecule has 19 heavy (non-hydrogen) atoms. The van der Waals surface area contributed by atoms with Crippen molar-refractivity contribution in [1.29, 1.82) is 0 Å². The predicted octanol–water partition coefficient (Wildman–Crippen LogP) is 3.90. The molecular formula is C16H15N3. The van der Waals surface area contributed by atoms with Crippen LogP contribution in [-0.4, -0.2) is 15.3 Å². The van der Waals surface area contributed by atoms with Crippen molar-refractivity contribution in [2.45, 2.75) is 12.8 Å². The Balaban J connectivity index is 2.07. The second-order valence-corrected chi connectivity index (χ2v) is 4.52. The van der Waals surface area contributed by atoms with Crippen molar-refractivity contribution in [2.75, 3.05) is 0 Å². The predicted molar refractivity (Wildman–Crippen MR) is 81.0 cm³/mol. The molecule has 0 atom stereocenters. The van der Waals surface area contributed by atoms with Crippen molar-refractivity contribution >= 4 is 28.5 Å². The number of aliphatic imine (C=N–C) groups is 1. The van der Waals surface area contributed by atoms with Gasteiger partial charge < -0.3 is 4.57 Å². The van der Waals surface area contributed by atoms with Crippen LogP contribution < -0.4 is 0 Å². The molecule has 0 fully saturated rings. The lowest BCUT2D eigenvalue weighted by Crippen LogP contribution is -2.04. The number of aromatic nitrogens is 2. The van der Waals surface area contributed by atoms with Crippen LogP contribution >= 0.6 is 0 Å². The van der Waals surface area contributed by atoms with Crippen molar-refractivity contribution in [1.82, 2.24) is 9.55 Å². The number of rotatable bonds is 3. The molecule has 0 unspecified atom stereocenters. The molecule has 3 nitrogen and oxygen atoms in total. The van der Waals surface area contributed by atoms with Gasteiger partial charge in [-0.05, 0) is 36.6 Å². The van der Waals surface area contributed by atoms with Crippen molar-refractivity contribution in [2.24, 2.45) is 4.99 Å².